The lowest BCUT2D eigenvalue weighted by atomic mass is 10.5. The average molecular weight is 250 g/mol. The maximum Gasteiger partial charge on any atom is 0.240 e. The Bertz CT molecular complexity index is 470. The van der Waals surface area contributed by atoms with E-state index in [1.165, 1.54) is 11.8 Å². The predicted molar refractivity (Wildman–Crippen MR) is 67.5 cm³/mol. The van der Waals surface area contributed by atoms with E-state index in [0.717, 1.165) is 13.0 Å². The summed E-state index contributed by atoms with van der Waals surface area (Å²) in [5.41, 5.74) is 0. The highest BCUT2D eigenvalue weighted by atomic mass is 32.2. The van der Waals surface area contributed by atoms with Crippen LogP contribution in [0.25, 0.3) is 5.95 Å². The largest absolute Gasteiger partial charge is 0.354 e. The van der Waals surface area contributed by atoms with Crippen molar-refractivity contribution >= 4 is 17.7 Å². The van der Waals surface area contributed by atoms with E-state index in [-0.39, 0.29) is 0 Å². The van der Waals surface area contributed by atoms with Crippen molar-refractivity contribution in [1.29, 1.82) is 0 Å². The Morgan fingerprint density at radius 3 is 2.88 bits per heavy atom. The van der Waals surface area contributed by atoms with Gasteiger partial charge < -0.3 is 5.32 Å². The molecule has 0 radical (unpaired) electrons. The van der Waals surface area contributed by atoms with Crippen molar-refractivity contribution in [1.82, 2.24) is 24.5 Å². The van der Waals surface area contributed by atoms with Gasteiger partial charge in [0, 0.05) is 18.9 Å². The van der Waals surface area contributed by atoms with Gasteiger partial charge in [0.15, 0.2) is 5.16 Å². The molecule has 90 valence electrons. The zero-order chi connectivity index (χ0) is 12.1. The Labute approximate surface area is 104 Å². The second-order valence-electron chi connectivity index (χ2n) is 3.34. The Hall–Kier alpha value is -1.63. The molecule has 6 nitrogen and oxygen atoms in total. The molecule has 0 spiro atoms. The first-order valence-electron chi connectivity index (χ1n) is 5.35. The highest BCUT2D eigenvalue weighted by molar-refractivity contribution is 7.98. The minimum atomic E-state index is 0.584. The van der Waals surface area contributed by atoms with E-state index in [9.17, 15) is 0 Å². The summed E-state index contributed by atoms with van der Waals surface area (Å²) in [5.74, 6) is 1.19. The first kappa shape index (κ1) is 11.8. The summed E-state index contributed by atoms with van der Waals surface area (Å²) in [6, 6.07) is 0. The second kappa shape index (κ2) is 5.62. The van der Waals surface area contributed by atoms with Crippen molar-refractivity contribution in [3.8, 4) is 5.95 Å². The lowest BCUT2D eigenvalue weighted by Crippen LogP contribution is -2.09. The molecule has 2 heterocycles. The number of anilines is 1. The molecule has 2 aromatic rings. The molecular formula is C10H14N6S. The molecule has 0 aliphatic rings. The van der Waals surface area contributed by atoms with E-state index in [1.54, 1.807) is 17.1 Å². The van der Waals surface area contributed by atoms with E-state index < -0.39 is 0 Å². The van der Waals surface area contributed by atoms with E-state index in [1.807, 2.05) is 12.5 Å². The van der Waals surface area contributed by atoms with Crippen LogP contribution in [-0.4, -0.2) is 37.3 Å². The fraction of sp³-hybridized carbons (Fsp3) is 0.400. The van der Waals surface area contributed by atoms with Crippen LogP contribution in [0.4, 0.5) is 5.95 Å². The SMILES string of the molecule is CCCNc1nc(SC)nc(-n2ccnc2)n1. The van der Waals surface area contributed by atoms with Crippen LogP contribution in [0.15, 0.2) is 23.9 Å². The van der Waals surface area contributed by atoms with Gasteiger partial charge in [0.25, 0.3) is 0 Å². The standard InChI is InChI=1S/C10H14N6S/c1-3-4-12-8-13-9(15-10(14-8)17-2)16-6-5-11-7-16/h5-7H,3-4H2,1-2H3,(H,12,13,14,15). The lowest BCUT2D eigenvalue weighted by Gasteiger charge is -2.07. The number of imidazole rings is 1. The van der Waals surface area contributed by atoms with Crippen LogP contribution in [0.1, 0.15) is 13.3 Å². The molecule has 7 heteroatoms. The fourth-order valence-corrected chi connectivity index (χ4v) is 1.60. The molecule has 0 saturated heterocycles. The first-order valence-corrected chi connectivity index (χ1v) is 6.58. The Kier molecular flexibility index (Phi) is 3.92. The molecular weight excluding hydrogens is 236 g/mol. The molecule has 0 unspecified atom stereocenters. The molecule has 0 aliphatic carbocycles. The molecule has 0 atom stereocenters. The number of thioether (sulfide) groups is 1. The maximum absolute atomic E-state index is 4.34. The Balaban J connectivity index is 2.32. The van der Waals surface area contributed by atoms with Crippen LogP contribution in [0.5, 0.6) is 0 Å². The second-order valence-corrected chi connectivity index (χ2v) is 4.12. The summed E-state index contributed by atoms with van der Waals surface area (Å²) in [7, 11) is 0. The zero-order valence-electron chi connectivity index (χ0n) is 9.79. The summed E-state index contributed by atoms with van der Waals surface area (Å²) in [4.78, 5) is 16.9. The van der Waals surface area contributed by atoms with Crippen LogP contribution in [0.3, 0.4) is 0 Å². The number of rotatable bonds is 5. The molecule has 2 rings (SSSR count). The van der Waals surface area contributed by atoms with Gasteiger partial charge in [-0.1, -0.05) is 18.7 Å². The van der Waals surface area contributed by atoms with E-state index >= 15 is 0 Å². The van der Waals surface area contributed by atoms with Gasteiger partial charge in [-0.05, 0) is 12.7 Å². The number of nitrogens with zero attached hydrogens (tertiary/aromatic N) is 5. The number of hydrogen-bond donors (Lipinski definition) is 1. The minimum absolute atomic E-state index is 0.584. The van der Waals surface area contributed by atoms with Crippen molar-refractivity contribution in [2.45, 2.75) is 18.5 Å². The minimum Gasteiger partial charge on any atom is -0.354 e. The van der Waals surface area contributed by atoms with Crippen molar-refractivity contribution in [2.24, 2.45) is 0 Å². The average Bonchev–Trinajstić information content (AvgIpc) is 2.89. The number of aromatic nitrogens is 5. The summed E-state index contributed by atoms with van der Waals surface area (Å²) >= 11 is 1.49. The molecule has 0 aromatic carbocycles. The van der Waals surface area contributed by atoms with Gasteiger partial charge >= 0.3 is 0 Å². The molecule has 0 saturated carbocycles. The smallest absolute Gasteiger partial charge is 0.240 e. The quantitative estimate of drug-likeness (QED) is 0.813. The molecule has 0 bridgehead atoms. The normalized spacial score (nSPS) is 10.5. The van der Waals surface area contributed by atoms with Gasteiger partial charge in [-0.15, -0.1) is 0 Å². The third kappa shape index (κ3) is 2.94. The third-order valence-electron chi connectivity index (χ3n) is 2.05. The summed E-state index contributed by atoms with van der Waals surface area (Å²) in [5, 5.41) is 3.86. The molecule has 0 aliphatic heterocycles. The van der Waals surface area contributed by atoms with Crippen LogP contribution in [0.2, 0.25) is 0 Å². The van der Waals surface area contributed by atoms with E-state index in [2.05, 4.69) is 32.2 Å². The van der Waals surface area contributed by atoms with E-state index in [4.69, 9.17) is 0 Å². The summed E-state index contributed by atoms with van der Waals surface area (Å²) < 4.78 is 1.76. The fourth-order valence-electron chi connectivity index (χ4n) is 1.25. The van der Waals surface area contributed by atoms with Gasteiger partial charge in [-0.25, -0.2) is 4.98 Å². The Morgan fingerprint density at radius 1 is 1.35 bits per heavy atom. The molecule has 2 aromatic heterocycles. The van der Waals surface area contributed by atoms with Crippen LogP contribution < -0.4 is 5.32 Å². The van der Waals surface area contributed by atoms with Gasteiger partial charge in [-0.3, -0.25) is 4.57 Å². The highest BCUT2D eigenvalue weighted by Crippen LogP contribution is 2.13. The molecule has 0 fully saturated rings. The van der Waals surface area contributed by atoms with Crippen molar-refractivity contribution < 1.29 is 0 Å². The van der Waals surface area contributed by atoms with Gasteiger partial charge in [0.1, 0.15) is 6.33 Å². The highest BCUT2D eigenvalue weighted by Gasteiger charge is 2.06. The summed E-state index contributed by atoms with van der Waals surface area (Å²) in [6.07, 6.45) is 8.14. The van der Waals surface area contributed by atoms with Crippen LogP contribution >= 0.6 is 11.8 Å². The zero-order valence-corrected chi connectivity index (χ0v) is 10.6. The van der Waals surface area contributed by atoms with Crippen molar-refractivity contribution in [3.05, 3.63) is 18.7 Å². The monoisotopic (exact) mass is 250 g/mol. The van der Waals surface area contributed by atoms with Crippen molar-refractivity contribution in [2.75, 3.05) is 18.1 Å². The Morgan fingerprint density at radius 2 is 2.24 bits per heavy atom. The number of hydrogen-bond acceptors (Lipinski definition) is 6. The maximum atomic E-state index is 4.34. The number of nitrogens with one attached hydrogen (secondary N) is 1. The lowest BCUT2D eigenvalue weighted by molar-refractivity contribution is 0.817. The molecule has 17 heavy (non-hydrogen) atoms. The van der Waals surface area contributed by atoms with E-state index in [0.29, 0.717) is 17.1 Å². The topological polar surface area (TPSA) is 68.5 Å². The first-order chi connectivity index (χ1) is 8.33. The summed E-state index contributed by atoms with van der Waals surface area (Å²) in [6.45, 7) is 2.95. The van der Waals surface area contributed by atoms with Crippen LogP contribution in [-0.2, 0) is 0 Å². The predicted octanol–water partition coefficient (Wildman–Crippen LogP) is 1.60. The van der Waals surface area contributed by atoms with Crippen molar-refractivity contribution in [3.63, 3.8) is 0 Å². The molecule has 1 N–H and O–H groups in total. The van der Waals surface area contributed by atoms with Gasteiger partial charge in [0.2, 0.25) is 11.9 Å². The van der Waals surface area contributed by atoms with Gasteiger partial charge in [0.05, 0.1) is 0 Å². The van der Waals surface area contributed by atoms with Gasteiger partial charge in [-0.2, -0.15) is 15.0 Å². The van der Waals surface area contributed by atoms with Crippen LogP contribution in [0, 0.1) is 0 Å². The third-order valence-corrected chi connectivity index (χ3v) is 2.60. The molecule has 0 amide bonds.